The van der Waals surface area contributed by atoms with Crippen molar-refractivity contribution in [3.05, 3.63) is 52.5 Å². The summed E-state index contributed by atoms with van der Waals surface area (Å²) in [6, 6.07) is 9.48. The van der Waals surface area contributed by atoms with Crippen molar-refractivity contribution in [2.75, 3.05) is 0 Å². The van der Waals surface area contributed by atoms with Gasteiger partial charge in [0, 0.05) is 10.4 Å². The highest BCUT2D eigenvalue weighted by Crippen LogP contribution is 2.13. The summed E-state index contributed by atoms with van der Waals surface area (Å²) in [5, 5.41) is 17.4. The van der Waals surface area contributed by atoms with Gasteiger partial charge in [-0.1, -0.05) is 6.07 Å². The number of aromatic nitrogens is 4. The van der Waals surface area contributed by atoms with Crippen molar-refractivity contribution >= 4 is 23.5 Å². The fourth-order valence-electron chi connectivity index (χ4n) is 1.72. The molecule has 0 aliphatic heterocycles. The molecule has 1 amide bonds. The number of benzene rings is 1. The zero-order valence-corrected chi connectivity index (χ0v) is 12.6. The lowest BCUT2D eigenvalue weighted by atomic mass is 10.2. The van der Waals surface area contributed by atoms with Crippen LogP contribution < -0.4 is 5.43 Å². The molecular formula is C14H11FN6OS. The summed E-state index contributed by atoms with van der Waals surface area (Å²) in [4.78, 5) is 13.8. The Hall–Kier alpha value is -2.94. The van der Waals surface area contributed by atoms with Crippen LogP contribution in [0.3, 0.4) is 0 Å². The van der Waals surface area contributed by atoms with Crippen molar-refractivity contribution in [1.29, 1.82) is 0 Å². The van der Waals surface area contributed by atoms with Crippen LogP contribution in [0, 0.1) is 5.82 Å². The van der Waals surface area contributed by atoms with E-state index in [0.29, 0.717) is 11.4 Å². The third-order valence-corrected chi connectivity index (χ3v) is 3.57. The lowest BCUT2D eigenvalue weighted by Gasteiger charge is -1.97. The molecule has 0 fully saturated rings. The maximum absolute atomic E-state index is 12.9. The summed E-state index contributed by atoms with van der Waals surface area (Å²) >= 11 is 1.51. The van der Waals surface area contributed by atoms with Crippen LogP contribution in [0.15, 0.2) is 46.9 Å². The normalized spacial score (nSPS) is 11.0. The van der Waals surface area contributed by atoms with E-state index < -0.39 is 0 Å². The highest BCUT2D eigenvalue weighted by molar-refractivity contribution is 7.11. The van der Waals surface area contributed by atoms with Gasteiger partial charge in [-0.15, -0.1) is 21.5 Å². The van der Waals surface area contributed by atoms with Crippen LogP contribution in [0.1, 0.15) is 4.88 Å². The Morgan fingerprint density at radius 1 is 1.35 bits per heavy atom. The Kier molecular flexibility index (Phi) is 4.48. The van der Waals surface area contributed by atoms with Crippen LogP contribution in [0.5, 0.6) is 0 Å². The standard InChI is InChI=1S/C14H11FN6OS/c15-11-5-3-10(4-6-11)14-18-20-21(19-14)9-13(22)17-16-8-12-2-1-7-23-12/h1-8H,9H2,(H,17,22)/b16-8-. The molecule has 0 aliphatic carbocycles. The molecule has 0 radical (unpaired) electrons. The van der Waals surface area contributed by atoms with Crippen LogP contribution in [0.25, 0.3) is 11.4 Å². The Bertz CT molecular complexity index is 812. The molecule has 0 saturated carbocycles. The van der Waals surface area contributed by atoms with Crippen LogP contribution in [-0.2, 0) is 11.3 Å². The first-order valence-electron chi connectivity index (χ1n) is 6.60. The van der Waals surface area contributed by atoms with Gasteiger partial charge in [0.05, 0.1) is 6.21 Å². The van der Waals surface area contributed by atoms with E-state index in [9.17, 15) is 9.18 Å². The van der Waals surface area contributed by atoms with Gasteiger partial charge in [-0.2, -0.15) is 9.90 Å². The van der Waals surface area contributed by atoms with Crippen molar-refractivity contribution in [2.45, 2.75) is 6.54 Å². The van der Waals surface area contributed by atoms with Crippen LogP contribution in [-0.4, -0.2) is 32.3 Å². The van der Waals surface area contributed by atoms with Crippen molar-refractivity contribution < 1.29 is 9.18 Å². The molecule has 23 heavy (non-hydrogen) atoms. The minimum Gasteiger partial charge on any atom is -0.271 e. The van der Waals surface area contributed by atoms with Crippen LogP contribution in [0.2, 0.25) is 0 Å². The largest absolute Gasteiger partial charge is 0.271 e. The predicted molar refractivity (Wildman–Crippen MR) is 83.3 cm³/mol. The predicted octanol–water partition coefficient (Wildman–Crippen LogP) is 1.69. The van der Waals surface area contributed by atoms with Gasteiger partial charge in [0.25, 0.3) is 5.91 Å². The fraction of sp³-hybridized carbons (Fsp3) is 0.0714. The first-order chi connectivity index (χ1) is 11.2. The third-order valence-electron chi connectivity index (χ3n) is 2.76. The number of carbonyl (C=O) groups excluding carboxylic acids is 1. The third kappa shape index (κ3) is 4.04. The number of carbonyl (C=O) groups is 1. The van der Waals surface area contributed by atoms with Gasteiger partial charge < -0.3 is 0 Å². The van der Waals surface area contributed by atoms with Gasteiger partial charge in [0.2, 0.25) is 5.82 Å². The number of thiophene rings is 1. The number of halogens is 1. The average Bonchev–Trinajstić information content (AvgIpc) is 3.20. The second-order valence-electron chi connectivity index (χ2n) is 4.46. The molecular weight excluding hydrogens is 319 g/mol. The molecule has 0 bridgehead atoms. The van der Waals surface area contributed by atoms with Crippen molar-refractivity contribution in [3.63, 3.8) is 0 Å². The summed E-state index contributed by atoms with van der Waals surface area (Å²) < 4.78 is 12.9. The summed E-state index contributed by atoms with van der Waals surface area (Å²) in [5.74, 6) is -0.398. The molecule has 7 nitrogen and oxygen atoms in total. The minimum absolute atomic E-state index is 0.115. The molecule has 2 heterocycles. The summed E-state index contributed by atoms with van der Waals surface area (Å²) in [6.07, 6.45) is 1.56. The average molecular weight is 330 g/mol. The van der Waals surface area contributed by atoms with E-state index >= 15 is 0 Å². The number of rotatable bonds is 5. The van der Waals surface area contributed by atoms with E-state index in [1.807, 2.05) is 17.5 Å². The molecule has 0 spiro atoms. The highest BCUT2D eigenvalue weighted by Gasteiger charge is 2.08. The zero-order chi connectivity index (χ0) is 16.1. The fourth-order valence-corrected chi connectivity index (χ4v) is 2.31. The van der Waals surface area contributed by atoms with Gasteiger partial charge >= 0.3 is 0 Å². The number of amides is 1. The molecule has 9 heteroatoms. The smallest absolute Gasteiger partial charge is 0.263 e. The number of hydrazone groups is 1. The monoisotopic (exact) mass is 330 g/mol. The second kappa shape index (κ2) is 6.88. The molecule has 0 saturated heterocycles. The maximum atomic E-state index is 12.9. The first-order valence-corrected chi connectivity index (χ1v) is 7.48. The number of hydrogen-bond acceptors (Lipinski definition) is 6. The molecule has 3 rings (SSSR count). The molecule has 3 aromatic rings. The molecule has 116 valence electrons. The molecule has 0 unspecified atom stereocenters. The van der Waals surface area contributed by atoms with Crippen LogP contribution >= 0.6 is 11.3 Å². The van der Waals surface area contributed by atoms with Crippen LogP contribution in [0.4, 0.5) is 4.39 Å². The van der Waals surface area contributed by atoms with Gasteiger partial charge in [-0.25, -0.2) is 9.82 Å². The lowest BCUT2D eigenvalue weighted by molar-refractivity contribution is -0.122. The van der Waals surface area contributed by atoms with Crippen molar-refractivity contribution in [3.8, 4) is 11.4 Å². The number of tetrazole rings is 1. The van der Waals surface area contributed by atoms with Crippen molar-refractivity contribution in [2.24, 2.45) is 5.10 Å². The van der Waals surface area contributed by atoms with Gasteiger partial charge in [0.15, 0.2) is 0 Å². The van der Waals surface area contributed by atoms with Gasteiger partial charge in [-0.05, 0) is 40.9 Å². The van der Waals surface area contributed by atoms with Crippen molar-refractivity contribution in [1.82, 2.24) is 25.6 Å². The number of nitrogens with zero attached hydrogens (tertiary/aromatic N) is 5. The van der Waals surface area contributed by atoms with E-state index in [1.54, 1.807) is 18.3 Å². The van der Waals surface area contributed by atoms with Gasteiger partial charge in [-0.3, -0.25) is 4.79 Å². The Morgan fingerprint density at radius 3 is 2.91 bits per heavy atom. The second-order valence-corrected chi connectivity index (χ2v) is 5.44. The topological polar surface area (TPSA) is 85.1 Å². The molecule has 0 aliphatic rings. The Balaban J connectivity index is 1.58. The summed E-state index contributed by atoms with van der Waals surface area (Å²) in [6.45, 7) is -0.115. The molecule has 0 atom stereocenters. The van der Waals surface area contributed by atoms with E-state index in [-0.39, 0.29) is 18.3 Å². The molecule has 1 aromatic carbocycles. The quantitative estimate of drug-likeness (QED) is 0.570. The Labute approximate surface area is 134 Å². The van der Waals surface area contributed by atoms with E-state index in [0.717, 1.165) is 9.67 Å². The lowest BCUT2D eigenvalue weighted by Crippen LogP contribution is -2.24. The number of nitrogens with one attached hydrogen (secondary N) is 1. The molecule has 1 N–H and O–H groups in total. The number of hydrogen-bond donors (Lipinski definition) is 1. The summed E-state index contributed by atoms with van der Waals surface area (Å²) in [5.41, 5.74) is 3.00. The first kappa shape index (κ1) is 15.0. The van der Waals surface area contributed by atoms with E-state index in [4.69, 9.17) is 0 Å². The Morgan fingerprint density at radius 2 is 2.17 bits per heavy atom. The zero-order valence-electron chi connectivity index (χ0n) is 11.8. The van der Waals surface area contributed by atoms with Gasteiger partial charge in [0.1, 0.15) is 12.4 Å². The highest BCUT2D eigenvalue weighted by atomic mass is 32.1. The summed E-state index contributed by atoms with van der Waals surface area (Å²) in [7, 11) is 0. The maximum Gasteiger partial charge on any atom is 0.263 e. The van der Waals surface area contributed by atoms with E-state index in [2.05, 4.69) is 25.9 Å². The minimum atomic E-state index is -0.374. The SMILES string of the molecule is O=C(Cn1nnc(-c2ccc(F)cc2)n1)N/N=C\c1cccs1. The van der Waals surface area contributed by atoms with E-state index in [1.165, 1.54) is 23.5 Å². The molecule has 2 aromatic heterocycles.